The molecule has 2 aromatic carbocycles. The third kappa shape index (κ3) is 4.08. The van der Waals surface area contributed by atoms with Gasteiger partial charge in [0, 0.05) is 13.6 Å². The van der Waals surface area contributed by atoms with Gasteiger partial charge in [-0.15, -0.1) is 0 Å². The summed E-state index contributed by atoms with van der Waals surface area (Å²) in [7, 11) is 0.930. The van der Waals surface area contributed by atoms with Crippen molar-refractivity contribution in [3.63, 3.8) is 0 Å². The van der Waals surface area contributed by atoms with Gasteiger partial charge >= 0.3 is 0 Å². The lowest BCUT2D eigenvalue weighted by atomic mass is 10.1. The quantitative estimate of drug-likeness (QED) is 0.761. The number of halogens is 1. The summed E-state index contributed by atoms with van der Waals surface area (Å²) < 4.78 is 37.5. The number of methoxy groups -OCH3 is 2. The Morgan fingerprint density at radius 2 is 1.64 bits per heavy atom. The molecule has 0 aliphatic rings. The molecule has 7 heteroatoms. The van der Waals surface area contributed by atoms with Gasteiger partial charge in [-0.25, -0.2) is 8.42 Å². The molecule has 0 aliphatic heterocycles. The summed E-state index contributed by atoms with van der Waals surface area (Å²) in [6.45, 7) is 3.95. The molecular formula is C18H22ClNO4S. The predicted octanol–water partition coefficient (Wildman–Crippen LogP) is 3.79. The number of rotatable bonds is 6. The van der Waals surface area contributed by atoms with Gasteiger partial charge in [0.2, 0.25) is 10.0 Å². The van der Waals surface area contributed by atoms with Gasteiger partial charge in [-0.1, -0.05) is 17.7 Å². The Bertz CT molecular complexity index is 881. The lowest BCUT2D eigenvalue weighted by Gasteiger charge is -2.20. The molecule has 0 amide bonds. The summed E-state index contributed by atoms with van der Waals surface area (Å²) >= 11 is 6.14. The lowest BCUT2D eigenvalue weighted by molar-refractivity contribution is 0.353. The van der Waals surface area contributed by atoms with Crippen LogP contribution >= 0.6 is 11.6 Å². The van der Waals surface area contributed by atoms with Gasteiger partial charge in [0.25, 0.3) is 0 Å². The summed E-state index contributed by atoms with van der Waals surface area (Å²) in [4.78, 5) is 0.0976. The van der Waals surface area contributed by atoms with Gasteiger partial charge in [-0.3, -0.25) is 0 Å². The number of ether oxygens (including phenoxy) is 2. The molecular weight excluding hydrogens is 362 g/mol. The standard InChI is InChI=1S/C18H22ClNO4S/c1-12-6-7-18(15(19)8-12)25(21,22)20(3)11-14-10-17(24-5)16(23-4)9-13(14)2/h6-10H,11H2,1-5H3. The molecule has 0 N–H and O–H groups in total. The van der Waals surface area contributed by atoms with Crippen LogP contribution in [0.3, 0.4) is 0 Å². The Morgan fingerprint density at radius 1 is 1.04 bits per heavy atom. The van der Waals surface area contributed by atoms with E-state index in [0.29, 0.717) is 11.5 Å². The van der Waals surface area contributed by atoms with Crippen molar-refractivity contribution in [1.82, 2.24) is 4.31 Å². The average Bonchev–Trinajstić information content (AvgIpc) is 2.55. The summed E-state index contributed by atoms with van der Waals surface area (Å²) in [5.41, 5.74) is 2.64. The van der Waals surface area contributed by atoms with Crippen molar-refractivity contribution in [2.24, 2.45) is 0 Å². The van der Waals surface area contributed by atoms with Gasteiger partial charge in [0.1, 0.15) is 4.90 Å². The van der Waals surface area contributed by atoms with E-state index in [1.807, 2.05) is 19.9 Å². The van der Waals surface area contributed by atoms with E-state index in [2.05, 4.69) is 0 Å². The molecule has 0 fully saturated rings. The first-order chi connectivity index (χ1) is 11.7. The van der Waals surface area contributed by atoms with Gasteiger partial charge in [0.05, 0.1) is 19.2 Å². The van der Waals surface area contributed by atoms with Crippen molar-refractivity contribution >= 4 is 21.6 Å². The van der Waals surface area contributed by atoms with E-state index in [9.17, 15) is 8.42 Å². The number of benzene rings is 2. The number of aryl methyl sites for hydroxylation is 2. The van der Waals surface area contributed by atoms with Crippen LogP contribution in [0.2, 0.25) is 5.02 Å². The van der Waals surface area contributed by atoms with E-state index in [1.54, 1.807) is 32.4 Å². The molecule has 0 radical (unpaired) electrons. The van der Waals surface area contributed by atoms with Gasteiger partial charge in [-0.05, 0) is 54.8 Å². The second-order valence-electron chi connectivity index (χ2n) is 5.83. The average molecular weight is 384 g/mol. The molecule has 2 rings (SSSR count). The molecule has 136 valence electrons. The minimum Gasteiger partial charge on any atom is -0.493 e. The highest BCUT2D eigenvalue weighted by Crippen LogP contribution is 2.32. The zero-order valence-electron chi connectivity index (χ0n) is 15.0. The summed E-state index contributed by atoms with van der Waals surface area (Å²) in [5.74, 6) is 1.16. The molecule has 25 heavy (non-hydrogen) atoms. The highest BCUT2D eigenvalue weighted by atomic mass is 35.5. The van der Waals surface area contributed by atoms with E-state index in [4.69, 9.17) is 21.1 Å². The zero-order chi connectivity index (χ0) is 18.8. The Kier molecular flexibility index (Phi) is 5.98. The number of hydrogen-bond acceptors (Lipinski definition) is 4. The van der Waals surface area contributed by atoms with Crippen LogP contribution in [0.5, 0.6) is 11.5 Å². The molecule has 0 saturated heterocycles. The van der Waals surface area contributed by atoms with Gasteiger partial charge in [-0.2, -0.15) is 4.31 Å². The molecule has 0 saturated carbocycles. The van der Waals surface area contributed by atoms with E-state index >= 15 is 0 Å². The van der Waals surface area contributed by atoms with E-state index in [1.165, 1.54) is 17.4 Å². The third-order valence-corrected chi connectivity index (χ3v) is 6.30. The highest BCUT2D eigenvalue weighted by Gasteiger charge is 2.24. The van der Waals surface area contributed by atoms with Crippen molar-refractivity contribution in [3.05, 3.63) is 52.0 Å². The van der Waals surface area contributed by atoms with Crippen LogP contribution in [0.25, 0.3) is 0 Å². The van der Waals surface area contributed by atoms with Crippen LogP contribution in [0, 0.1) is 13.8 Å². The van der Waals surface area contributed by atoms with Gasteiger partial charge < -0.3 is 9.47 Å². The van der Waals surface area contributed by atoms with Crippen LogP contribution < -0.4 is 9.47 Å². The topological polar surface area (TPSA) is 55.8 Å². The van der Waals surface area contributed by atoms with Crippen LogP contribution in [0.1, 0.15) is 16.7 Å². The molecule has 0 unspecified atom stereocenters. The fraction of sp³-hybridized carbons (Fsp3) is 0.333. The number of sulfonamides is 1. The Hall–Kier alpha value is -1.76. The molecule has 0 atom stereocenters. The molecule has 2 aromatic rings. The normalized spacial score (nSPS) is 11.6. The van der Waals surface area contributed by atoms with E-state index < -0.39 is 10.0 Å². The van der Waals surface area contributed by atoms with Crippen LogP contribution in [0.15, 0.2) is 35.2 Å². The number of hydrogen-bond donors (Lipinski definition) is 0. The number of nitrogens with zero attached hydrogens (tertiary/aromatic N) is 1. The molecule has 0 bridgehead atoms. The fourth-order valence-corrected chi connectivity index (χ4v) is 4.22. The largest absolute Gasteiger partial charge is 0.493 e. The molecule has 0 spiro atoms. The van der Waals surface area contributed by atoms with Crippen LogP contribution in [0.4, 0.5) is 0 Å². The summed E-state index contributed by atoms with van der Waals surface area (Å²) in [6.07, 6.45) is 0. The first-order valence-corrected chi connectivity index (χ1v) is 9.46. The maximum absolute atomic E-state index is 12.8. The van der Waals surface area contributed by atoms with E-state index in [-0.39, 0.29) is 16.5 Å². The Labute approximate surface area is 154 Å². The molecule has 0 aromatic heterocycles. The minimum absolute atomic E-state index is 0.0976. The lowest BCUT2D eigenvalue weighted by Crippen LogP contribution is -2.27. The van der Waals surface area contributed by atoms with Crippen molar-refractivity contribution in [2.45, 2.75) is 25.3 Å². The van der Waals surface area contributed by atoms with E-state index in [0.717, 1.165) is 16.7 Å². The van der Waals surface area contributed by atoms with Gasteiger partial charge in [0.15, 0.2) is 11.5 Å². The van der Waals surface area contributed by atoms with Crippen molar-refractivity contribution in [2.75, 3.05) is 21.3 Å². The monoisotopic (exact) mass is 383 g/mol. The minimum atomic E-state index is -3.71. The highest BCUT2D eigenvalue weighted by molar-refractivity contribution is 7.89. The zero-order valence-corrected chi connectivity index (χ0v) is 16.5. The summed E-state index contributed by atoms with van der Waals surface area (Å²) in [5, 5.41) is 0.218. The maximum atomic E-state index is 12.8. The Morgan fingerprint density at radius 3 is 2.20 bits per heavy atom. The predicted molar refractivity (Wildman–Crippen MR) is 99.1 cm³/mol. The SMILES string of the molecule is COc1cc(C)c(CN(C)S(=O)(=O)c2ccc(C)cc2Cl)cc1OC. The summed E-state index contributed by atoms with van der Waals surface area (Å²) in [6, 6.07) is 8.52. The molecule has 0 aliphatic carbocycles. The van der Waals surface area contributed by atoms with Crippen LogP contribution in [-0.4, -0.2) is 34.0 Å². The van der Waals surface area contributed by atoms with Crippen molar-refractivity contribution in [3.8, 4) is 11.5 Å². The second kappa shape index (κ2) is 7.64. The van der Waals surface area contributed by atoms with Crippen LogP contribution in [-0.2, 0) is 16.6 Å². The first-order valence-electron chi connectivity index (χ1n) is 7.64. The molecule has 0 heterocycles. The van der Waals surface area contributed by atoms with Crippen molar-refractivity contribution < 1.29 is 17.9 Å². The third-order valence-electron chi connectivity index (χ3n) is 4.01. The molecule has 5 nitrogen and oxygen atoms in total. The smallest absolute Gasteiger partial charge is 0.244 e. The van der Waals surface area contributed by atoms with Crippen molar-refractivity contribution in [1.29, 1.82) is 0 Å². The Balaban J connectivity index is 2.37. The fourth-order valence-electron chi connectivity index (χ4n) is 2.50. The second-order valence-corrected chi connectivity index (χ2v) is 8.25. The maximum Gasteiger partial charge on any atom is 0.244 e. The first kappa shape index (κ1) is 19.6.